The van der Waals surface area contributed by atoms with Gasteiger partial charge in [0.05, 0.1) is 11.9 Å². The summed E-state index contributed by atoms with van der Waals surface area (Å²) in [6, 6.07) is 24.0. The summed E-state index contributed by atoms with van der Waals surface area (Å²) in [7, 11) is -3.80. The molecule has 0 heterocycles. The van der Waals surface area contributed by atoms with Crippen LogP contribution in [0, 0.1) is 6.92 Å². The van der Waals surface area contributed by atoms with Gasteiger partial charge in [0.15, 0.2) is 0 Å². The molecule has 0 unspecified atom stereocenters. The molecule has 0 spiro atoms. The van der Waals surface area contributed by atoms with Crippen LogP contribution in [0.25, 0.3) is 0 Å². The molecule has 0 saturated heterocycles. The minimum atomic E-state index is -3.80. The van der Waals surface area contributed by atoms with E-state index in [4.69, 9.17) is 0 Å². The van der Waals surface area contributed by atoms with Crippen molar-refractivity contribution in [3.63, 3.8) is 0 Å². The third kappa shape index (κ3) is 8.44. The zero-order chi connectivity index (χ0) is 30.3. The molecule has 1 aliphatic rings. The molecule has 0 bridgehead atoms. The first-order chi connectivity index (χ1) is 20.0. The van der Waals surface area contributed by atoms with Crippen molar-refractivity contribution in [2.24, 2.45) is 0 Å². The topological polar surface area (TPSA) is 86.8 Å². The maximum atomic E-state index is 14.2. The summed E-state index contributed by atoms with van der Waals surface area (Å²) in [4.78, 5) is 29.7. The summed E-state index contributed by atoms with van der Waals surface area (Å²) in [6.07, 6.45) is 5.40. The van der Waals surface area contributed by atoms with Gasteiger partial charge in [-0.2, -0.15) is 0 Å². The fourth-order valence-corrected chi connectivity index (χ4v) is 6.30. The van der Waals surface area contributed by atoms with Crippen LogP contribution in [0.2, 0.25) is 0 Å². The molecular weight excluding hydrogens is 546 g/mol. The molecule has 3 aromatic carbocycles. The van der Waals surface area contributed by atoms with Crippen LogP contribution in [0.3, 0.4) is 0 Å². The van der Waals surface area contributed by atoms with Gasteiger partial charge in [0.1, 0.15) is 12.6 Å². The van der Waals surface area contributed by atoms with Crippen molar-refractivity contribution in [2.45, 2.75) is 77.4 Å². The maximum absolute atomic E-state index is 14.2. The highest BCUT2D eigenvalue weighted by atomic mass is 32.2. The molecule has 3 aromatic rings. The fourth-order valence-electron chi connectivity index (χ4n) is 5.45. The highest BCUT2D eigenvalue weighted by Gasteiger charge is 2.34. The predicted molar refractivity (Wildman–Crippen MR) is 169 cm³/mol. The number of carbonyl (C=O) groups is 2. The number of aryl methyl sites for hydroxylation is 1. The Morgan fingerprint density at radius 3 is 2.07 bits per heavy atom. The molecule has 8 heteroatoms. The van der Waals surface area contributed by atoms with E-state index in [1.54, 1.807) is 17.0 Å². The lowest BCUT2D eigenvalue weighted by Crippen LogP contribution is -2.54. The van der Waals surface area contributed by atoms with E-state index >= 15 is 0 Å². The molecule has 0 radical (unpaired) electrons. The van der Waals surface area contributed by atoms with Gasteiger partial charge in [-0.15, -0.1) is 0 Å². The number of amides is 2. The van der Waals surface area contributed by atoms with Crippen LogP contribution < -0.4 is 9.62 Å². The van der Waals surface area contributed by atoms with Crippen molar-refractivity contribution in [1.29, 1.82) is 0 Å². The van der Waals surface area contributed by atoms with E-state index in [0.717, 1.165) is 58.5 Å². The van der Waals surface area contributed by atoms with Crippen LogP contribution >= 0.6 is 0 Å². The predicted octanol–water partition coefficient (Wildman–Crippen LogP) is 5.58. The van der Waals surface area contributed by atoms with Gasteiger partial charge in [-0.05, 0) is 54.5 Å². The molecule has 1 aliphatic carbocycles. The molecular formula is C34H43N3O4S. The van der Waals surface area contributed by atoms with E-state index in [2.05, 4.69) is 19.2 Å². The zero-order valence-corrected chi connectivity index (χ0v) is 25.9. The molecule has 0 aromatic heterocycles. The standard InChI is InChI=1S/C34H43N3O4S/c1-25(2)29-18-20-31(21-19-29)37(42(4,40)41)24-33(38)36(23-28-16-14-26(3)15-17-28)32(22-27-10-6-5-7-11-27)34(39)35-30-12-8-9-13-30/h5-7,10-11,14-21,25,30,32H,8-9,12-13,22-24H2,1-4H3,(H,35,39)/t32-/m1/s1. The number of hydrogen-bond acceptors (Lipinski definition) is 4. The Labute approximate surface area is 251 Å². The van der Waals surface area contributed by atoms with Crippen LogP contribution in [0.15, 0.2) is 78.9 Å². The highest BCUT2D eigenvalue weighted by molar-refractivity contribution is 7.92. The van der Waals surface area contributed by atoms with Crippen molar-refractivity contribution in [3.8, 4) is 0 Å². The van der Waals surface area contributed by atoms with Gasteiger partial charge in [0.25, 0.3) is 0 Å². The van der Waals surface area contributed by atoms with Gasteiger partial charge < -0.3 is 10.2 Å². The van der Waals surface area contributed by atoms with Gasteiger partial charge in [-0.1, -0.05) is 99.0 Å². The second kappa shape index (κ2) is 14.0. The maximum Gasteiger partial charge on any atom is 0.244 e. The number of hydrogen-bond donors (Lipinski definition) is 1. The first kappa shape index (κ1) is 31.3. The van der Waals surface area contributed by atoms with Gasteiger partial charge >= 0.3 is 0 Å². The molecule has 42 heavy (non-hydrogen) atoms. The minimum absolute atomic E-state index is 0.0825. The summed E-state index contributed by atoms with van der Waals surface area (Å²) in [5, 5.41) is 3.20. The van der Waals surface area contributed by atoms with Crippen molar-refractivity contribution in [1.82, 2.24) is 10.2 Å². The van der Waals surface area contributed by atoms with E-state index in [1.807, 2.05) is 73.7 Å². The lowest BCUT2D eigenvalue weighted by Gasteiger charge is -2.34. The smallest absolute Gasteiger partial charge is 0.244 e. The second-order valence-corrected chi connectivity index (χ2v) is 13.6. The summed E-state index contributed by atoms with van der Waals surface area (Å²) in [5.41, 5.74) is 4.37. The third-order valence-corrected chi connectivity index (χ3v) is 9.11. The lowest BCUT2D eigenvalue weighted by molar-refractivity contribution is -0.140. The Kier molecular flexibility index (Phi) is 10.4. The van der Waals surface area contributed by atoms with Crippen LogP contribution in [-0.2, 0) is 32.6 Å². The Balaban J connectivity index is 1.71. The van der Waals surface area contributed by atoms with Crippen molar-refractivity contribution >= 4 is 27.5 Å². The number of carbonyl (C=O) groups excluding carboxylic acids is 2. The van der Waals surface area contributed by atoms with Crippen LogP contribution in [-0.4, -0.2) is 50.0 Å². The molecule has 4 rings (SSSR count). The summed E-state index contributed by atoms with van der Waals surface area (Å²) < 4.78 is 27.1. The van der Waals surface area contributed by atoms with E-state index in [0.29, 0.717) is 12.1 Å². The molecule has 2 amide bonds. The number of benzene rings is 3. The molecule has 7 nitrogen and oxygen atoms in total. The van der Waals surface area contributed by atoms with Gasteiger partial charge in [0, 0.05) is 19.0 Å². The van der Waals surface area contributed by atoms with Crippen molar-refractivity contribution in [3.05, 3.63) is 101 Å². The first-order valence-electron chi connectivity index (χ1n) is 14.8. The summed E-state index contributed by atoms with van der Waals surface area (Å²) >= 11 is 0. The Bertz CT molecular complexity index is 1430. The largest absolute Gasteiger partial charge is 0.352 e. The number of sulfonamides is 1. The van der Waals surface area contributed by atoms with E-state index < -0.39 is 28.5 Å². The monoisotopic (exact) mass is 589 g/mol. The Morgan fingerprint density at radius 2 is 1.50 bits per heavy atom. The molecule has 1 N–H and O–H groups in total. The lowest BCUT2D eigenvalue weighted by atomic mass is 10.0. The SMILES string of the molecule is Cc1ccc(CN(C(=O)CN(c2ccc(C(C)C)cc2)S(C)(=O)=O)[C@H](Cc2ccccc2)C(=O)NC2CCCC2)cc1. The quantitative estimate of drug-likeness (QED) is 0.299. The molecule has 1 saturated carbocycles. The second-order valence-electron chi connectivity index (χ2n) is 11.7. The van der Waals surface area contributed by atoms with Crippen LogP contribution in [0.1, 0.15) is 67.7 Å². The van der Waals surface area contributed by atoms with Crippen LogP contribution in [0.4, 0.5) is 5.69 Å². The normalized spacial score (nSPS) is 14.5. The highest BCUT2D eigenvalue weighted by Crippen LogP contribution is 2.24. The zero-order valence-electron chi connectivity index (χ0n) is 25.1. The number of nitrogens with one attached hydrogen (secondary N) is 1. The van der Waals surface area contributed by atoms with Crippen molar-refractivity contribution in [2.75, 3.05) is 17.1 Å². The Hall–Kier alpha value is -3.65. The number of anilines is 1. The van der Waals surface area contributed by atoms with E-state index in [9.17, 15) is 18.0 Å². The van der Waals surface area contributed by atoms with E-state index in [1.165, 1.54) is 0 Å². The minimum Gasteiger partial charge on any atom is -0.352 e. The molecule has 224 valence electrons. The van der Waals surface area contributed by atoms with Gasteiger partial charge in [-0.25, -0.2) is 8.42 Å². The number of nitrogens with zero attached hydrogens (tertiary/aromatic N) is 2. The van der Waals surface area contributed by atoms with Gasteiger partial charge in [-0.3, -0.25) is 13.9 Å². The summed E-state index contributed by atoms with van der Waals surface area (Å²) in [6.45, 7) is 5.90. The van der Waals surface area contributed by atoms with Crippen molar-refractivity contribution < 1.29 is 18.0 Å². The molecule has 1 fully saturated rings. The van der Waals surface area contributed by atoms with Gasteiger partial charge in [0.2, 0.25) is 21.8 Å². The Morgan fingerprint density at radius 1 is 0.881 bits per heavy atom. The first-order valence-corrected chi connectivity index (χ1v) is 16.6. The van der Waals surface area contributed by atoms with Crippen LogP contribution in [0.5, 0.6) is 0 Å². The fraction of sp³-hybridized carbons (Fsp3) is 0.412. The van der Waals surface area contributed by atoms with E-state index in [-0.39, 0.29) is 24.4 Å². The average molecular weight is 590 g/mol. The number of rotatable bonds is 12. The average Bonchev–Trinajstić information content (AvgIpc) is 3.47. The third-order valence-electron chi connectivity index (χ3n) is 7.97. The molecule has 1 atom stereocenters. The summed E-state index contributed by atoms with van der Waals surface area (Å²) in [5.74, 6) is -0.357. The molecule has 0 aliphatic heterocycles.